The lowest BCUT2D eigenvalue weighted by Gasteiger charge is -2.20. The average Bonchev–Trinajstić information content (AvgIpc) is 2.70. The zero-order chi connectivity index (χ0) is 15.1. The normalized spacial score (nSPS) is 25.1. The second kappa shape index (κ2) is 5.01. The first-order valence-electron chi connectivity index (χ1n) is 5.97. The van der Waals surface area contributed by atoms with Crippen LogP contribution < -0.4 is 5.73 Å². The molecule has 1 saturated heterocycles. The highest BCUT2D eigenvalue weighted by Crippen LogP contribution is 2.38. The zero-order valence-electron chi connectivity index (χ0n) is 10.8. The van der Waals surface area contributed by atoms with Crippen LogP contribution in [0.2, 0.25) is 0 Å². The Labute approximate surface area is 115 Å². The van der Waals surface area contributed by atoms with Gasteiger partial charge in [0.1, 0.15) is 0 Å². The monoisotopic (exact) mass is 308 g/mol. The van der Waals surface area contributed by atoms with Crippen molar-refractivity contribution >= 4 is 10.0 Å². The fraction of sp³-hybridized carbons (Fsp3) is 0.500. The maximum atomic E-state index is 13.0. The molecule has 4 nitrogen and oxygen atoms in total. The molecule has 20 heavy (non-hydrogen) atoms. The van der Waals surface area contributed by atoms with Gasteiger partial charge >= 0.3 is 6.18 Å². The summed E-state index contributed by atoms with van der Waals surface area (Å²) in [5.74, 6) is -0.650. The minimum absolute atomic E-state index is 0.0207. The molecule has 0 unspecified atom stereocenters. The summed E-state index contributed by atoms with van der Waals surface area (Å²) in [6.45, 7) is 0.0167. The van der Waals surface area contributed by atoms with Crippen molar-refractivity contribution in [3.8, 4) is 0 Å². The van der Waals surface area contributed by atoms with Crippen LogP contribution in [-0.2, 0) is 16.2 Å². The van der Waals surface area contributed by atoms with Gasteiger partial charge in [-0.25, -0.2) is 8.42 Å². The van der Waals surface area contributed by atoms with Crippen molar-refractivity contribution in [2.75, 3.05) is 19.3 Å². The van der Waals surface area contributed by atoms with Crippen molar-refractivity contribution in [1.82, 2.24) is 4.31 Å². The molecule has 0 amide bonds. The first-order valence-corrected chi connectivity index (χ1v) is 7.82. The number of nitrogens with two attached hydrogens (primary N) is 1. The zero-order valence-corrected chi connectivity index (χ0v) is 11.6. The maximum Gasteiger partial charge on any atom is 0.416 e. The van der Waals surface area contributed by atoms with E-state index in [-0.39, 0.29) is 18.7 Å². The van der Waals surface area contributed by atoms with Gasteiger partial charge < -0.3 is 5.73 Å². The molecule has 1 aliphatic heterocycles. The van der Waals surface area contributed by atoms with Gasteiger partial charge in [0.2, 0.25) is 10.0 Å². The van der Waals surface area contributed by atoms with Crippen molar-refractivity contribution in [1.29, 1.82) is 0 Å². The molecule has 0 radical (unpaired) electrons. The SMILES string of the molecule is CS(=O)(=O)N1C[C@H](c2ccccc2C(F)(F)F)[C@@H](N)C1. The fourth-order valence-corrected chi connectivity index (χ4v) is 3.34. The third-order valence-electron chi connectivity index (χ3n) is 3.47. The topological polar surface area (TPSA) is 63.4 Å². The Bertz CT molecular complexity index is 601. The number of hydrogen-bond donors (Lipinski definition) is 1. The van der Waals surface area contributed by atoms with Crippen LogP contribution in [0.5, 0.6) is 0 Å². The summed E-state index contributed by atoms with van der Waals surface area (Å²) in [6.07, 6.45) is -3.45. The molecular weight excluding hydrogens is 293 g/mol. The average molecular weight is 308 g/mol. The molecule has 0 bridgehead atoms. The van der Waals surface area contributed by atoms with Gasteiger partial charge in [-0.15, -0.1) is 0 Å². The van der Waals surface area contributed by atoms with Crippen LogP contribution in [-0.4, -0.2) is 38.1 Å². The summed E-state index contributed by atoms with van der Waals surface area (Å²) in [5, 5.41) is 0. The molecule has 0 aromatic heterocycles. The van der Waals surface area contributed by atoms with E-state index < -0.39 is 33.7 Å². The van der Waals surface area contributed by atoms with Gasteiger partial charge in [0.25, 0.3) is 0 Å². The molecule has 1 aromatic rings. The number of nitrogens with zero attached hydrogens (tertiary/aromatic N) is 1. The predicted octanol–water partition coefficient (Wildman–Crippen LogP) is 1.39. The van der Waals surface area contributed by atoms with Crippen LogP contribution in [0.3, 0.4) is 0 Å². The third-order valence-corrected chi connectivity index (χ3v) is 4.70. The van der Waals surface area contributed by atoms with E-state index in [2.05, 4.69) is 0 Å². The van der Waals surface area contributed by atoms with Crippen LogP contribution in [0.1, 0.15) is 17.0 Å². The Morgan fingerprint density at radius 3 is 2.35 bits per heavy atom. The summed E-state index contributed by atoms with van der Waals surface area (Å²) in [6, 6.07) is 4.51. The van der Waals surface area contributed by atoms with Crippen LogP contribution in [0.15, 0.2) is 24.3 Å². The van der Waals surface area contributed by atoms with Gasteiger partial charge in [0.05, 0.1) is 11.8 Å². The van der Waals surface area contributed by atoms with E-state index in [9.17, 15) is 21.6 Å². The van der Waals surface area contributed by atoms with Gasteiger partial charge in [-0.3, -0.25) is 0 Å². The number of rotatable bonds is 2. The quantitative estimate of drug-likeness (QED) is 0.898. The Kier molecular flexibility index (Phi) is 3.83. The number of alkyl halides is 3. The molecule has 0 aliphatic carbocycles. The summed E-state index contributed by atoms with van der Waals surface area (Å²) >= 11 is 0. The van der Waals surface area contributed by atoms with Crippen LogP contribution in [0.25, 0.3) is 0 Å². The standard InChI is InChI=1S/C12H15F3N2O2S/c1-20(18,19)17-6-9(11(16)7-17)8-4-2-3-5-10(8)12(13,14)15/h2-5,9,11H,6-7,16H2,1H3/t9-,11+/m1/s1. The minimum atomic E-state index is -4.48. The van der Waals surface area contributed by atoms with E-state index in [1.165, 1.54) is 18.2 Å². The van der Waals surface area contributed by atoms with Crippen molar-refractivity contribution < 1.29 is 21.6 Å². The van der Waals surface area contributed by atoms with Gasteiger partial charge in [-0.2, -0.15) is 17.5 Å². The Morgan fingerprint density at radius 2 is 1.85 bits per heavy atom. The van der Waals surface area contributed by atoms with Crippen molar-refractivity contribution in [2.45, 2.75) is 18.1 Å². The number of halogens is 3. The van der Waals surface area contributed by atoms with E-state index in [1.807, 2.05) is 0 Å². The minimum Gasteiger partial charge on any atom is -0.326 e. The van der Waals surface area contributed by atoms with E-state index in [4.69, 9.17) is 5.73 Å². The Balaban J connectivity index is 2.39. The van der Waals surface area contributed by atoms with Gasteiger partial charge in [0.15, 0.2) is 0 Å². The lowest BCUT2D eigenvalue weighted by atomic mass is 9.90. The smallest absolute Gasteiger partial charge is 0.326 e. The summed E-state index contributed by atoms with van der Waals surface area (Å²) in [4.78, 5) is 0. The molecule has 1 aromatic carbocycles. The highest BCUT2D eigenvalue weighted by molar-refractivity contribution is 7.88. The summed E-state index contributed by atoms with van der Waals surface area (Å²) < 4.78 is 63.1. The molecule has 2 rings (SSSR count). The van der Waals surface area contributed by atoms with E-state index in [0.717, 1.165) is 16.6 Å². The predicted molar refractivity (Wildman–Crippen MR) is 68.6 cm³/mol. The lowest BCUT2D eigenvalue weighted by molar-refractivity contribution is -0.138. The van der Waals surface area contributed by atoms with Crippen molar-refractivity contribution in [2.24, 2.45) is 5.73 Å². The highest BCUT2D eigenvalue weighted by atomic mass is 32.2. The number of sulfonamides is 1. The largest absolute Gasteiger partial charge is 0.416 e. The Morgan fingerprint density at radius 1 is 1.25 bits per heavy atom. The maximum absolute atomic E-state index is 13.0. The van der Waals surface area contributed by atoms with Crippen LogP contribution in [0, 0.1) is 0 Å². The molecule has 0 spiro atoms. The molecule has 1 aliphatic rings. The number of hydrogen-bond acceptors (Lipinski definition) is 3. The highest BCUT2D eigenvalue weighted by Gasteiger charge is 2.41. The first-order chi connectivity index (χ1) is 9.10. The fourth-order valence-electron chi connectivity index (χ4n) is 2.47. The molecule has 1 heterocycles. The second-order valence-corrected chi connectivity index (χ2v) is 6.92. The van der Waals surface area contributed by atoms with Crippen LogP contribution in [0.4, 0.5) is 13.2 Å². The number of benzene rings is 1. The van der Waals surface area contributed by atoms with Gasteiger partial charge in [0, 0.05) is 25.0 Å². The van der Waals surface area contributed by atoms with Gasteiger partial charge in [-0.1, -0.05) is 18.2 Å². The third kappa shape index (κ3) is 2.97. The van der Waals surface area contributed by atoms with Crippen molar-refractivity contribution in [3.05, 3.63) is 35.4 Å². The summed E-state index contributed by atoms with van der Waals surface area (Å²) in [5.41, 5.74) is 5.14. The van der Waals surface area contributed by atoms with Crippen molar-refractivity contribution in [3.63, 3.8) is 0 Å². The molecule has 1 fully saturated rings. The van der Waals surface area contributed by atoms with E-state index in [0.29, 0.717) is 0 Å². The first kappa shape index (κ1) is 15.3. The second-order valence-electron chi connectivity index (χ2n) is 4.94. The molecule has 2 atom stereocenters. The lowest BCUT2D eigenvalue weighted by Crippen LogP contribution is -2.31. The van der Waals surface area contributed by atoms with Gasteiger partial charge in [-0.05, 0) is 11.6 Å². The van der Waals surface area contributed by atoms with E-state index in [1.54, 1.807) is 0 Å². The summed E-state index contributed by atoms with van der Waals surface area (Å²) in [7, 11) is -3.45. The molecular formula is C12H15F3N2O2S. The van der Waals surface area contributed by atoms with E-state index >= 15 is 0 Å². The molecule has 112 valence electrons. The molecule has 2 N–H and O–H groups in total. The molecule has 8 heteroatoms. The Hall–Kier alpha value is -1.12. The molecule has 0 saturated carbocycles. The van der Waals surface area contributed by atoms with Crippen LogP contribution >= 0.6 is 0 Å².